The van der Waals surface area contributed by atoms with Crippen molar-refractivity contribution < 1.29 is 4.79 Å². The molecule has 0 unspecified atom stereocenters. The van der Waals surface area contributed by atoms with E-state index in [9.17, 15) is 14.4 Å². The summed E-state index contributed by atoms with van der Waals surface area (Å²) in [7, 11) is 3.02. The highest BCUT2D eigenvalue weighted by atomic mass is 32.2. The molecule has 0 aliphatic heterocycles. The highest BCUT2D eigenvalue weighted by molar-refractivity contribution is 8.00. The maximum atomic E-state index is 12.6. The summed E-state index contributed by atoms with van der Waals surface area (Å²) in [5, 5.41) is 3.27. The van der Waals surface area contributed by atoms with Gasteiger partial charge in [0, 0.05) is 31.7 Å². The first-order valence-corrected chi connectivity index (χ1v) is 9.87. The zero-order valence-corrected chi connectivity index (χ0v) is 16.9. The highest BCUT2D eigenvalue weighted by Gasteiger charge is 2.17. The number of aryl methyl sites for hydroxylation is 2. The lowest BCUT2D eigenvalue weighted by Gasteiger charge is -2.12. The molecule has 0 saturated carbocycles. The van der Waals surface area contributed by atoms with Crippen molar-refractivity contribution in [2.45, 2.75) is 18.2 Å². The number of rotatable bonds is 6. The van der Waals surface area contributed by atoms with E-state index in [0.29, 0.717) is 22.5 Å². The van der Waals surface area contributed by atoms with Gasteiger partial charge in [-0.3, -0.25) is 18.7 Å². The minimum atomic E-state index is -0.427. The molecule has 28 heavy (non-hydrogen) atoms. The summed E-state index contributed by atoms with van der Waals surface area (Å²) in [4.78, 5) is 41.9. The van der Waals surface area contributed by atoms with E-state index < -0.39 is 11.2 Å². The van der Waals surface area contributed by atoms with Gasteiger partial charge in [-0.25, -0.2) is 9.78 Å². The highest BCUT2D eigenvalue weighted by Crippen LogP contribution is 2.27. The fourth-order valence-electron chi connectivity index (χ4n) is 2.96. The summed E-state index contributed by atoms with van der Waals surface area (Å²) in [5.74, 6) is 0.0766. The number of hydrogen-bond acceptors (Lipinski definition) is 5. The smallest absolute Gasteiger partial charge is 0.332 e. The van der Waals surface area contributed by atoms with Crippen LogP contribution < -0.4 is 16.6 Å². The number of thioether (sulfide) groups is 1. The van der Waals surface area contributed by atoms with Crippen LogP contribution in [0.5, 0.6) is 0 Å². The molecule has 2 aromatic heterocycles. The molecule has 0 aliphatic carbocycles. The largest absolute Gasteiger partial charge is 0.355 e. The second-order valence-electron chi connectivity index (χ2n) is 6.55. The van der Waals surface area contributed by atoms with Crippen LogP contribution in [0, 0.1) is 6.92 Å². The summed E-state index contributed by atoms with van der Waals surface area (Å²) >= 11 is 1.29. The second kappa shape index (κ2) is 8.43. The van der Waals surface area contributed by atoms with Crippen molar-refractivity contribution in [3.63, 3.8) is 0 Å². The predicted molar refractivity (Wildman–Crippen MR) is 111 cm³/mol. The SMILES string of the molecule is Cc1cnc2c(c1SCC(=O)NCCc1ccccc1)c(=O)n(C)c(=O)n2C. The predicted octanol–water partition coefficient (Wildman–Crippen LogP) is 1.39. The lowest BCUT2D eigenvalue weighted by molar-refractivity contribution is -0.118. The number of carbonyl (C=O) groups excluding carboxylic acids is 1. The van der Waals surface area contributed by atoms with Gasteiger partial charge in [-0.1, -0.05) is 30.3 Å². The van der Waals surface area contributed by atoms with E-state index >= 15 is 0 Å². The Bertz CT molecular complexity index is 1140. The Morgan fingerprint density at radius 1 is 1.14 bits per heavy atom. The Morgan fingerprint density at radius 3 is 2.57 bits per heavy atom. The summed E-state index contributed by atoms with van der Waals surface area (Å²) in [6.45, 7) is 2.39. The van der Waals surface area contributed by atoms with Gasteiger partial charge in [0.25, 0.3) is 5.56 Å². The van der Waals surface area contributed by atoms with Crippen molar-refractivity contribution >= 4 is 28.7 Å². The zero-order valence-electron chi connectivity index (χ0n) is 16.1. The lowest BCUT2D eigenvalue weighted by atomic mass is 10.1. The van der Waals surface area contributed by atoms with Crippen molar-refractivity contribution in [2.75, 3.05) is 12.3 Å². The van der Waals surface area contributed by atoms with Gasteiger partial charge in [-0.05, 0) is 24.5 Å². The third-order valence-electron chi connectivity index (χ3n) is 4.53. The average molecular weight is 398 g/mol. The third-order valence-corrected chi connectivity index (χ3v) is 5.75. The van der Waals surface area contributed by atoms with E-state index in [1.807, 2.05) is 37.3 Å². The normalized spacial score (nSPS) is 11.0. The zero-order chi connectivity index (χ0) is 20.3. The van der Waals surface area contributed by atoms with E-state index in [0.717, 1.165) is 22.1 Å². The first kappa shape index (κ1) is 19.9. The molecule has 3 aromatic rings. The number of benzene rings is 1. The first-order valence-electron chi connectivity index (χ1n) is 8.89. The van der Waals surface area contributed by atoms with Crippen molar-refractivity contribution in [1.29, 1.82) is 0 Å². The maximum absolute atomic E-state index is 12.6. The van der Waals surface area contributed by atoms with Gasteiger partial charge in [0.15, 0.2) is 0 Å². The Kier molecular flexibility index (Phi) is 5.99. The van der Waals surface area contributed by atoms with Crippen LogP contribution in [0.25, 0.3) is 11.0 Å². The Labute approximate surface area is 166 Å². The van der Waals surface area contributed by atoms with Crippen LogP contribution in [0.3, 0.4) is 0 Å². The molecule has 0 radical (unpaired) electrons. The molecule has 1 N–H and O–H groups in total. The second-order valence-corrected chi connectivity index (χ2v) is 7.53. The van der Waals surface area contributed by atoms with Gasteiger partial charge in [0.05, 0.1) is 11.1 Å². The van der Waals surface area contributed by atoms with Crippen LogP contribution in [0.15, 0.2) is 51.0 Å². The van der Waals surface area contributed by atoms with E-state index in [-0.39, 0.29) is 11.7 Å². The van der Waals surface area contributed by atoms with Crippen molar-refractivity contribution in [2.24, 2.45) is 14.1 Å². The fraction of sp³-hybridized carbons (Fsp3) is 0.300. The van der Waals surface area contributed by atoms with Crippen LogP contribution >= 0.6 is 11.8 Å². The van der Waals surface area contributed by atoms with Crippen molar-refractivity contribution in [3.05, 3.63) is 68.5 Å². The van der Waals surface area contributed by atoms with Gasteiger partial charge < -0.3 is 5.32 Å². The summed E-state index contributed by atoms with van der Waals surface area (Å²) in [6.07, 6.45) is 2.38. The molecule has 3 rings (SSSR count). The summed E-state index contributed by atoms with van der Waals surface area (Å²) < 4.78 is 2.41. The van der Waals surface area contributed by atoms with Crippen LogP contribution in [0.4, 0.5) is 0 Å². The lowest BCUT2D eigenvalue weighted by Crippen LogP contribution is -2.37. The number of nitrogens with zero attached hydrogens (tertiary/aromatic N) is 3. The van der Waals surface area contributed by atoms with Gasteiger partial charge in [-0.15, -0.1) is 11.8 Å². The summed E-state index contributed by atoms with van der Waals surface area (Å²) in [6, 6.07) is 9.94. The monoisotopic (exact) mass is 398 g/mol. The molecule has 0 fully saturated rings. The third kappa shape index (κ3) is 4.01. The quantitative estimate of drug-likeness (QED) is 0.634. The molecular weight excluding hydrogens is 376 g/mol. The molecular formula is C20H22N4O3S. The molecule has 1 amide bonds. The van der Waals surface area contributed by atoms with Gasteiger partial charge >= 0.3 is 5.69 Å². The van der Waals surface area contributed by atoms with Crippen LogP contribution in [-0.4, -0.2) is 32.3 Å². The Hall–Kier alpha value is -2.87. The molecule has 0 atom stereocenters. The molecule has 8 heteroatoms. The minimum Gasteiger partial charge on any atom is -0.355 e. The fourth-order valence-corrected chi connectivity index (χ4v) is 3.94. The minimum absolute atomic E-state index is 0.105. The number of nitrogens with one attached hydrogen (secondary N) is 1. The molecule has 2 heterocycles. The molecule has 7 nitrogen and oxygen atoms in total. The van der Waals surface area contributed by atoms with Crippen molar-refractivity contribution in [1.82, 2.24) is 19.4 Å². The molecule has 146 valence electrons. The van der Waals surface area contributed by atoms with Crippen LogP contribution in [0.1, 0.15) is 11.1 Å². The standard InChI is InChI=1S/C20H22N4O3S/c1-13-11-22-18-16(19(26)24(3)20(27)23(18)2)17(13)28-12-15(25)21-10-9-14-7-5-4-6-8-14/h4-8,11H,9-10,12H2,1-3H3,(H,21,25). The molecule has 0 saturated heterocycles. The topological polar surface area (TPSA) is 86.0 Å². The number of carbonyl (C=O) groups is 1. The van der Waals surface area contributed by atoms with E-state index in [2.05, 4.69) is 10.3 Å². The van der Waals surface area contributed by atoms with Crippen LogP contribution in [-0.2, 0) is 25.3 Å². The first-order chi connectivity index (χ1) is 13.4. The average Bonchev–Trinajstić information content (AvgIpc) is 2.70. The van der Waals surface area contributed by atoms with E-state index in [1.165, 1.54) is 23.4 Å². The van der Waals surface area contributed by atoms with Gasteiger partial charge in [-0.2, -0.15) is 0 Å². The Morgan fingerprint density at radius 2 is 1.86 bits per heavy atom. The molecule has 0 bridgehead atoms. The maximum Gasteiger partial charge on any atom is 0.332 e. The summed E-state index contributed by atoms with van der Waals surface area (Å²) in [5.41, 5.74) is 1.46. The molecule has 0 aliphatic rings. The number of aromatic nitrogens is 3. The van der Waals surface area contributed by atoms with Crippen molar-refractivity contribution in [3.8, 4) is 0 Å². The number of hydrogen-bond donors (Lipinski definition) is 1. The van der Waals surface area contributed by atoms with E-state index in [1.54, 1.807) is 13.2 Å². The van der Waals surface area contributed by atoms with Gasteiger partial charge in [0.1, 0.15) is 5.65 Å². The molecule has 0 spiro atoms. The number of amides is 1. The Balaban J connectivity index is 1.75. The molecule has 1 aromatic carbocycles. The number of pyridine rings is 1. The van der Waals surface area contributed by atoms with Crippen LogP contribution in [0.2, 0.25) is 0 Å². The van der Waals surface area contributed by atoms with E-state index in [4.69, 9.17) is 0 Å². The number of fused-ring (bicyclic) bond motifs is 1. The van der Waals surface area contributed by atoms with Gasteiger partial charge in [0.2, 0.25) is 5.91 Å².